The van der Waals surface area contributed by atoms with Gasteiger partial charge in [-0.1, -0.05) is 24.3 Å². The van der Waals surface area contributed by atoms with Crippen LogP contribution in [-0.2, 0) is 13.1 Å². The van der Waals surface area contributed by atoms with E-state index in [-0.39, 0.29) is 0 Å². The summed E-state index contributed by atoms with van der Waals surface area (Å²) in [5, 5.41) is 7.82. The summed E-state index contributed by atoms with van der Waals surface area (Å²) in [6.45, 7) is 5.33. The predicted octanol–water partition coefficient (Wildman–Crippen LogP) is 2.84. The Balaban J connectivity index is 1.30. The van der Waals surface area contributed by atoms with Crippen LogP contribution in [0.3, 0.4) is 0 Å². The van der Waals surface area contributed by atoms with Crippen LogP contribution in [0.25, 0.3) is 0 Å². The highest BCUT2D eigenvalue weighted by atomic mass is 16.5. The Morgan fingerprint density at radius 1 is 1.03 bits per heavy atom. The van der Waals surface area contributed by atoms with Gasteiger partial charge in [-0.15, -0.1) is 0 Å². The molecular weight excluding hydrogens is 388 g/mol. The molecule has 1 fully saturated rings. The highest BCUT2D eigenvalue weighted by molar-refractivity contribution is 5.80. The highest BCUT2D eigenvalue weighted by Gasteiger charge is 2.19. The van der Waals surface area contributed by atoms with Crippen LogP contribution in [0.2, 0.25) is 0 Å². The van der Waals surface area contributed by atoms with Gasteiger partial charge in [0.15, 0.2) is 5.96 Å². The molecule has 2 heterocycles. The molecule has 0 radical (unpaired) electrons. The molecule has 0 amide bonds. The second-order valence-corrected chi connectivity index (χ2v) is 7.60. The Morgan fingerprint density at radius 2 is 1.81 bits per heavy atom. The van der Waals surface area contributed by atoms with Gasteiger partial charge in [0, 0.05) is 57.9 Å². The minimum absolute atomic E-state index is 0.748. The van der Waals surface area contributed by atoms with E-state index < -0.39 is 0 Å². The minimum atomic E-state index is 0.748. The lowest BCUT2D eigenvalue weighted by Crippen LogP contribution is -2.52. The molecule has 0 bridgehead atoms. The van der Waals surface area contributed by atoms with Crippen molar-refractivity contribution in [1.82, 2.24) is 20.0 Å². The summed E-state index contributed by atoms with van der Waals surface area (Å²) in [5.74, 6) is 1.84. The van der Waals surface area contributed by atoms with Crippen molar-refractivity contribution in [1.29, 1.82) is 0 Å². The second kappa shape index (κ2) is 10.0. The summed E-state index contributed by atoms with van der Waals surface area (Å²) in [7, 11) is 3.55. The molecule has 2 aromatic carbocycles. The Kier molecular flexibility index (Phi) is 6.72. The molecule has 0 spiro atoms. The summed E-state index contributed by atoms with van der Waals surface area (Å²) in [6, 6.07) is 18.8. The van der Waals surface area contributed by atoms with Crippen molar-refractivity contribution in [2.45, 2.75) is 13.1 Å². The number of benzene rings is 2. The Morgan fingerprint density at radius 3 is 2.48 bits per heavy atom. The van der Waals surface area contributed by atoms with Gasteiger partial charge in [-0.05, 0) is 41.5 Å². The van der Waals surface area contributed by atoms with E-state index in [2.05, 4.69) is 61.6 Å². The Hall–Kier alpha value is -3.48. The lowest BCUT2D eigenvalue weighted by atomic mass is 10.1. The average Bonchev–Trinajstić information content (AvgIpc) is 3.33. The largest absolute Gasteiger partial charge is 0.497 e. The molecule has 0 unspecified atom stereocenters. The Bertz CT molecular complexity index is 976. The maximum absolute atomic E-state index is 5.26. The monoisotopic (exact) mass is 418 g/mol. The van der Waals surface area contributed by atoms with Gasteiger partial charge in [0.1, 0.15) is 5.75 Å². The van der Waals surface area contributed by atoms with E-state index in [1.807, 2.05) is 42.3 Å². The van der Waals surface area contributed by atoms with Gasteiger partial charge >= 0.3 is 0 Å². The zero-order chi connectivity index (χ0) is 21.5. The molecule has 4 rings (SSSR count). The van der Waals surface area contributed by atoms with Gasteiger partial charge in [0.05, 0.1) is 13.7 Å². The van der Waals surface area contributed by atoms with Crippen LogP contribution in [-0.4, -0.2) is 61.0 Å². The predicted molar refractivity (Wildman–Crippen MR) is 125 cm³/mol. The third-order valence-corrected chi connectivity index (χ3v) is 5.57. The molecule has 0 saturated carbocycles. The van der Waals surface area contributed by atoms with Gasteiger partial charge < -0.3 is 19.9 Å². The Labute approximate surface area is 184 Å². The smallest absolute Gasteiger partial charge is 0.194 e. The standard InChI is InChI=1S/C24H30N6O/c1-25-24(26-18-20-5-3-6-21(17-20)19-30-12-4-11-27-30)29-15-13-28(14-16-29)22-7-9-23(31-2)10-8-22/h3-12,17H,13-16,18-19H2,1-2H3,(H,25,26). The number of hydrogen-bond donors (Lipinski definition) is 1. The SMILES string of the molecule is CN=C(NCc1cccc(Cn2cccn2)c1)N1CCN(c2ccc(OC)cc2)CC1. The highest BCUT2D eigenvalue weighted by Crippen LogP contribution is 2.20. The quantitative estimate of drug-likeness (QED) is 0.493. The lowest BCUT2D eigenvalue weighted by molar-refractivity contribution is 0.372. The van der Waals surface area contributed by atoms with Crippen LogP contribution >= 0.6 is 0 Å². The molecule has 31 heavy (non-hydrogen) atoms. The van der Waals surface area contributed by atoms with Crippen LogP contribution in [0.15, 0.2) is 72.0 Å². The fourth-order valence-electron chi connectivity index (χ4n) is 3.90. The number of nitrogens with zero attached hydrogens (tertiary/aromatic N) is 5. The molecule has 0 aliphatic carbocycles. The number of anilines is 1. The number of guanidine groups is 1. The summed E-state index contributed by atoms with van der Waals surface area (Å²) in [5.41, 5.74) is 3.71. The van der Waals surface area contributed by atoms with Crippen molar-refractivity contribution in [2.75, 3.05) is 45.2 Å². The first-order chi connectivity index (χ1) is 15.2. The first kappa shape index (κ1) is 20.8. The van der Waals surface area contributed by atoms with Gasteiger partial charge in [-0.25, -0.2) is 0 Å². The first-order valence-corrected chi connectivity index (χ1v) is 10.6. The fourth-order valence-corrected chi connectivity index (χ4v) is 3.90. The lowest BCUT2D eigenvalue weighted by Gasteiger charge is -2.37. The molecule has 162 valence electrons. The van der Waals surface area contributed by atoms with Crippen molar-refractivity contribution in [3.63, 3.8) is 0 Å². The normalized spacial score (nSPS) is 14.6. The number of rotatable bonds is 6. The number of methoxy groups -OCH3 is 1. The molecular formula is C24H30N6O. The van der Waals surface area contributed by atoms with Crippen LogP contribution < -0.4 is 15.0 Å². The summed E-state index contributed by atoms with van der Waals surface area (Å²) in [6.07, 6.45) is 3.79. The first-order valence-electron chi connectivity index (χ1n) is 10.6. The summed E-state index contributed by atoms with van der Waals surface area (Å²) in [4.78, 5) is 9.24. The van der Waals surface area contributed by atoms with Crippen LogP contribution in [0, 0.1) is 0 Å². The molecule has 7 nitrogen and oxygen atoms in total. The van der Waals surface area contributed by atoms with E-state index in [0.717, 1.165) is 51.0 Å². The van der Waals surface area contributed by atoms with Crippen LogP contribution in [0.4, 0.5) is 5.69 Å². The maximum atomic E-state index is 5.26. The van der Waals surface area contributed by atoms with E-state index in [9.17, 15) is 0 Å². The van der Waals surface area contributed by atoms with Crippen molar-refractivity contribution < 1.29 is 4.74 Å². The van der Waals surface area contributed by atoms with Gasteiger partial charge in [0.25, 0.3) is 0 Å². The number of aromatic nitrogens is 2. The van der Waals surface area contributed by atoms with Crippen molar-refractivity contribution >= 4 is 11.6 Å². The number of nitrogens with one attached hydrogen (secondary N) is 1. The zero-order valence-electron chi connectivity index (χ0n) is 18.2. The number of ether oxygens (including phenoxy) is 1. The van der Waals surface area contributed by atoms with Gasteiger partial charge in [-0.2, -0.15) is 5.10 Å². The van der Waals surface area contributed by atoms with E-state index in [0.29, 0.717) is 0 Å². The molecule has 7 heteroatoms. The average molecular weight is 419 g/mol. The number of aliphatic imine (C=N–C) groups is 1. The molecule has 3 aromatic rings. The molecule has 1 aliphatic heterocycles. The number of hydrogen-bond acceptors (Lipinski definition) is 4. The zero-order valence-corrected chi connectivity index (χ0v) is 18.2. The minimum Gasteiger partial charge on any atom is -0.497 e. The topological polar surface area (TPSA) is 57.9 Å². The summed E-state index contributed by atoms with van der Waals surface area (Å²) < 4.78 is 7.20. The van der Waals surface area contributed by atoms with E-state index in [1.165, 1.54) is 16.8 Å². The van der Waals surface area contributed by atoms with Crippen molar-refractivity contribution in [2.24, 2.45) is 4.99 Å². The van der Waals surface area contributed by atoms with E-state index in [1.54, 1.807) is 7.11 Å². The third-order valence-electron chi connectivity index (χ3n) is 5.57. The van der Waals surface area contributed by atoms with E-state index >= 15 is 0 Å². The van der Waals surface area contributed by atoms with Crippen LogP contribution in [0.5, 0.6) is 5.75 Å². The maximum Gasteiger partial charge on any atom is 0.194 e. The molecule has 0 atom stereocenters. The summed E-state index contributed by atoms with van der Waals surface area (Å²) >= 11 is 0. The van der Waals surface area contributed by atoms with Crippen LogP contribution in [0.1, 0.15) is 11.1 Å². The molecule has 1 saturated heterocycles. The second-order valence-electron chi connectivity index (χ2n) is 7.60. The third kappa shape index (κ3) is 5.36. The van der Waals surface area contributed by atoms with E-state index in [4.69, 9.17) is 4.74 Å². The van der Waals surface area contributed by atoms with Gasteiger partial charge in [0.2, 0.25) is 0 Å². The van der Waals surface area contributed by atoms with Crippen molar-refractivity contribution in [3.05, 3.63) is 78.1 Å². The molecule has 1 aliphatic rings. The van der Waals surface area contributed by atoms with Gasteiger partial charge in [-0.3, -0.25) is 9.67 Å². The molecule has 1 aromatic heterocycles. The van der Waals surface area contributed by atoms with Crippen molar-refractivity contribution in [3.8, 4) is 5.75 Å². The number of piperazine rings is 1. The fraction of sp³-hybridized carbons (Fsp3) is 0.333. The molecule has 1 N–H and O–H groups in total.